The monoisotopic (exact) mass is 446 g/mol. The summed E-state index contributed by atoms with van der Waals surface area (Å²) < 4.78 is 10.1. The van der Waals surface area contributed by atoms with Gasteiger partial charge in [-0.1, -0.05) is 29.9 Å². The molecule has 0 atom stereocenters. The Morgan fingerprint density at radius 2 is 1.93 bits per heavy atom. The van der Waals surface area contributed by atoms with E-state index in [0.717, 1.165) is 5.56 Å². The molecule has 0 spiro atoms. The van der Waals surface area contributed by atoms with E-state index in [1.807, 2.05) is 0 Å². The van der Waals surface area contributed by atoms with Gasteiger partial charge in [0.25, 0.3) is 5.91 Å². The second-order valence-electron chi connectivity index (χ2n) is 6.56. The lowest BCUT2D eigenvalue weighted by molar-refractivity contribution is -0.145. The van der Waals surface area contributed by atoms with Crippen LogP contribution in [0, 0.1) is 0 Å². The number of ether oxygens (including phenoxy) is 2. The molecule has 2 N–H and O–H groups in total. The minimum atomic E-state index is -0.514. The van der Waals surface area contributed by atoms with Crippen molar-refractivity contribution < 1.29 is 23.9 Å². The zero-order chi connectivity index (χ0) is 21.8. The first kappa shape index (κ1) is 21.7. The van der Waals surface area contributed by atoms with E-state index < -0.39 is 5.97 Å². The lowest BCUT2D eigenvalue weighted by atomic mass is 10.1. The number of ketones is 1. The molecule has 2 aromatic carbocycles. The molecule has 0 radical (unpaired) electrons. The number of nitrogens with two attached hydrogens (primary N) is 1. The van der Waals surface area contributed by atoms with E-state index in [1.54, 1.807) is 25.1 Å². The number of rotatable bonds is 8. The van der Waals surface area contributed by atoms with Crippen LogP contribution < -0.4 is 10.5 Å². The van der Waals surface area contributed by atoms with E-state index in [4.69, 9.17) is 39.0 Å². The SMILES string of the molecule is CCOC(=O)COc1ccc(C(=O)CN2Cc3cc(C(N)=S)ccc3C2=O)cc1Cl. The molecule has 9 heteroatoms. The third-order valence-electron chi connectivity index (χ3n) is 4.51. The Labute approximate surface area is 183 Å². The van der Waals surface area contributed by atoms with E-state index in [1.165, 1.54) is 23.1 Å². The minimum absolute atomic E-state index is 0.102. The second-order valence-corrected chi connectivity index (χ2v) is 7.41. The average Bonchev–Trinajstić information content (AvgIpc) is 3.02. The quantitative estimate of drug-likeness (QED) is 0.378. The molecule has 30 heavy (non-hydrogen) atoms. The molecule has 2 aromatic rings. The van der Waals surface area contributed by atoms with Crippen LogP contribution in [-0.4, -0.2) is 47.3 Å². The number of Topliss-reactive ketones (excluding diaryl/α,β-unsaturated/α-hetero) is 1. The average molecular weight is 447 g/mol. The van der Waals surface area contributed by atoms with Crippen molar-refractivity contribution >= 4 is 46.5 Å². The predicted octanol–water partition coefficient (Wildman–Crippen LogP) is 2.75. The lowest BCUT2D eigenvalue weighted by Gasteiger charge is -2.15. The van der Waals surface area contributed by atoms with Crippen LogP contribution in [0.1, 0.15) is 38.8 Å². The van der Waals surface area contributed by atoms with E-state index in [2.05, 4.69) is 0 Å². The molecular weight excluding hydrogens is 428 g/mol. The number of fused-ring (bicyclic) bond motifs is 1. The predicted molar refractivity (Wildman–Crippen MR) is 115 cm³/mol. The van der Waals surface area contributed by atoms with Gasteiger partial charge in [0.15, 0.2) is 12.4 Å². The van der Waals surface area contributed by atoms with Crippen molar-refractivity contribution in [2.24, 2.45) is 5.73 Å². The first-order valence-electron chi connectivity index (χ1n) is 9.13. The molecule has 0 fully saturated rings. The van der Waals surface area contributed by atoms with Gasteiger partial charge < -0.3 is 20.1 Å². The highest BCUT2D eigenvalue weighted by Gasteiger charge is 2.29. The smallest absolute Gasteiger partial charge is 0.344 e. The summed E-state index contributed by atoms with van der Waals surface area (Å²) in [6.45, 7) is 1.86. The van der Waals surface area contributed by atoms with Crippen molar-refractivity contribution in [3.63, 3.8) is 0 Å². The van der Waals surface area contributed by atoms with E-state index in [-0.39, 0.29) is 47.2 Å². The largest absolute Gasteiger partial charge is 0.480 e. The third kappa shape index (κ3) is 4.77. The fourth-order valence-corrected chi connectivity index (χ4v) is 3.42. The summed E-state index contributed by atoms with van der Waals surface area (Å²) in [5.41, 5.74) is 7.96. The van der Waals surface area contributed by atoms with Crippen LogP contribution in [0.15, 0.2) is 36.4 Å². The van der Waals surface area contributed by atoms with Gasteiger partial charge in [-0.2, -0.15) is 0 Å². The molecule has 0 aliphatic carbocycles. The van der Waals surface area contributed by atoms with Crippen LogP contribution in [0.3, 0.4) is 0 Å². The number of esters is 1. The second kappa shape index (κ2) is 9.23. The molecule has 7 nitrogen and oxygen atoms in total. The molecule has 0 aromatic heterocycles. The lowest BCUT2D eigenvalue weighted by Crippen LogP contribution is -2.30. The van der Waals surface area contributed by atoms with Crippen LogP contribution in [0.2, 0.25) is 5.02 Å². The summed E-state index contributed by atoms with van der Waals surface area (Å²) in [7, 11) is 0. The highest BCUT2D eigenvalue weighted by atomic mass is 35.5. The van der Waals surface area contributed by atoms with Crippen molar-refractivity contribution in [1.82, 2.24) is 4.90 Å². The summed E-state index contributed by atoms with van der Waals surface area (Å²) in [5.74, 6) is -0.756. The number of carbonyl (C=O) groups is 3. The fourth-order valence-electron chi connectivity index (χ4n) is 3.06. The van der Waals surface area contributed by atoms with Crippen LogP contribution in [-0.2, 0) is 16.1 Å². The fraction of sp³-hybridized carbons (Fsp3) is 0.238. The van der Waals surface area contributed by atoms with Gasteiger partial charge in [0.2, 0.25) is 0 Å². The molecule has 0 bridgehead atoms. The normalized spacial score (nSPS) is 12.5. The van der Waals surface area contributed by atoms with Gasteiger partial charge in [-0.3, -0.25) is 9.59 Å². The number of amides is 1. The summed E-state index contributed by atoms with van der Waals surface area (Å²) in [5, 5.41) is 0.183. The first-order valence-corrected chi connectivity index (χ1v) is 9.92. The number of thiocarbonyl (C=S) groups is 1. The highest BCUT2D eigenvalue weighted by molar-refractivity contribution is 7.80. The maximum Gasteiger partial charge on any atom is 0.344 e. The van der Waals surface area contributed by atoms with E-state index >= 15 is 0 Å². The standard InChI is InChI=1S/C21H19ClN2O5S/c1-2-28-19(26)11-29-18-6-4-12(8-16(18)22)17(25)10-24-9-14-7-13(20(23)30)3-5-15(14)21(24)27/h3-8H,2,9-11H2,1H3,(H2,23,30). The van der Waals surface area contributed by atoms with Gasteiger partial charge in [0, 0.05) is 23.2 Å². The van der Waals surface area contributed by atoms with Crippen molar-refractivity contribution in [2.75, 3.05) is 19.8 Å². The number of halogens is 1. The van der Waals surface area contributed by atoms with Crippen LogP contribution in [0.5, 0.6) is 5.75 Å². The molecule has 0 unspecified atom stereocenters. The Kier molecular flexibility index (Phi) is 6.69. The first-order chi connectivity index (χ1) is 14.3. The maximum absolute atomic E-state index is 12.7. The molecule has 1 amide bonds. The van der Waals surface area contributed by atoms with E-state index in [9.17, 15) is 14.4 Å². The van der Waals surface area contributed by atoms with Crippen LogP contribution >= 0.6 is 23.8 Å². The number of nitrogens with zero attached hydrogens (tertiary/aromatic N) is 1. The summed E-state index contributed by atoms with van der Waals surface area (Å²) in [6.07, 6.45) is 0. The summed E-state index contributed by atoms with van der Waals surface area (Å²) >= 11 is 11.1. The van der Waals surface area contributed by atoms with Gasteiger partial charge in [-0.25, -0.2) is 4.79 Å². The Morgan fingerprint density at radius 1 is 1.20 bits per heavy atom. The third-order valence-corrected chi connectivity index (χ3v) is 5.04. The van der Waals surface area contributed by atoms with Gasteiger partial charge >= 0.3 is 5.97 Å². The summed E-state index contributed by atoms with van der Waals surface area (Å²) in [4.78, 5) is 38.4. The van der Waals surface area contributed by atoms with Crippen molar-refractivity contribution in [1.29, 1.82) is 0 Å². The molecule has 1 heterocycles. The van der Waals surface area contributed by atoms with Crippen LogP contribution in [0.25, 0.3) is 0 Å². The number of carbonyl (C=O) groups excluding carboxylic acids is 3. The number of benzene rings is 2. The topological polar surface area (TPSA) is 98.9 Å². The molecule has 1 aliphatic rings. The molecule has 3 rings (SSSR count). The van der Waals surface area contributed by atoms with Gasteiger partial charge in [-0.15, -0.1) is 0 Å². The van der Waals surface area contributed by atoms with Crippen molar-refractivity contribution in [2.45, 2.75) is 13.5 Å². The minimum Gasteiger partial charge on any atom is -0.480 e. The zero-order valence-electron chi connectivity index (χ0n) is 16.1. The molecule has 0 saturated heterocycles. The molecule has 0 saturated carbocycles. The molecule has 156 valence electrons. The maximum atomic E-state index is 12.7. The van der Waals surface area contributed by atoms with Crippen molar-refractivity contribution in [3.8, 4) is 5.75 Å². The summed E-state index contributed by atoms with van der Waals surface area (Å²) in [6, 6.07) is 9.62. The Hall–Kier alpha value is -2.97. The van der Waals surface area contributed by atoms with Gasteiger partial charge in [0.05, 0.1) is 18.2 Å². The van der Waals surface area contributed by atoms with Gasteiger partial charge in [0.1, 0.15) is 10.7 Å². The van der Waals surface area contributed by atoms with Gasteiger partial charge in [-0.05, 0) is 42.8 Å². The molecule has 1 aliphatic heterocycles. The number of hydrogen-bond donors (Lipinski definition) is 1. The molecular formula is C21H19ClN2O5S. The Bertz CT molecular complexity index is 1040. The highest BCUT2D eigenvalue weighted by Crippen LogP contribution is 2.27. The Balaban J connectivity index is 1.66. The van der Waals surface area contributed by atoms with E-state index in [0.29, 0.717) is 23.2 Å². The Morgan fingerprint density at radius 3 is 2.60 bits per heavy atom. The number of hydrogen-bond acceptors (Lipinski definition) is 6. The van der Waals surface area contributed by atoms with Crippen molar-refractivity contribution in [3.05, 3.63) is 63.7 Å². The zero-order valence-corrected chi connectivity index (χ0v) is 17.7. The van der Waals surface area contributed by atoms with Crippen LogP contribution in [0.4, 0.5) is 0 Å².